The van der Waals surface area contributed by atoms with E-state index in [4.69, 9.17) is 21.1 Å². The number of nitrogens with zero attached hydrogens (tertiary/aromatic N) is 1. The monoisotopic (exact) mass is 451 g/mol. The van der Waals surface area contributed by atoms with Gasteiger partial charge in [-0.2, -0.15) is 0 Å². The highest BCUT2D eigenvalue weighted by molar-refractivity contribution is 6.17. The van der Waals surface area contributed by atoms with E-state index in [9.17, 15) is 9.59 Å². The minimum atomic E-state index is -0.467. The summed E-state index contributed by atoms with van der Waals surface area (Å²) in [6, 6.07) is 24.8. The number of ether oxygens (including phenoxy) is 2. The summed E-state index contributed by atoms with van der Waals surface area (Å²) in [6.45, 7) is 2.05. The molecule has 0 saturated heterocycles. The maximum absolute atomic E-state index is 12.6. The lowest BCUT2D eigenvalue weighted by atomic mass is 9.95. The summed E-state index contributed by atoms with van der Waals surface area (Å²) in [7, 11) is 1.34. The molecule has 0 amide bonds. The molecule has 32 heavy (non-hydrogen) atoms. The molecular formula is C26H26ClNO4. The van der Waals surface area contributed by atoms with Gasteiger partial charge in [-0.3, -0.25) is 4.79 Å². The first-order valence-corrected chi connectivity index (χ1v) is 10.9. The topological polar surface area (TPSA) is 55.8 Å². The van der Waals surface area contributed by atoms with E-state index in [0.717, 1.165) is 16.7 Å². The molecule has 5 nitrogen and oxygen atoms in total. The minimum Gasteiger partial charge on any atom is -0.465 e. The van der Waals surface area contributed by atoms with Crippen LogP contribution in [0.15, 0.2) is 78.9 Å². The van der Waals surface area contributed by atoms with Crippen molar-refractivity contribution < 1.29 is 19.1 Å². The zero-order chi connectivity index (χ0) is 22.9. The molecule has 0 heterocycles. The molecule has 0 radical (unpaired) electrons. The molecule has 0 N–H and O–H groups in total. The van der Waals surface area contributed by atoms with Crippen molar-refractivity contribution in [1.29, 1.82) is 0 Å². The standard InChI is InChI=1S/C26H26ClNO4/c1-3-32-24(29)18-28(23-15-19(17-27)14-22(16-23)26(30)31-2)25(20-10-6-4-7-11-20)21-12-8-5-9-13-21/h4-16,25H,3,17-18H2,1-2H3. The zero-order valence-corrected chi connectivity index (χ0v) is 18.9. The van der Waals surface area contributed by atoms with E-state index in [1.54, 1.807) is 19.1 Å². The summed E-state index contributed by atoms with van der Waals surface area (Å²) in [4.78, 5) is 26.9. The van der Waals surface area contributed by atoms with E-state index in [-0.39, 0.29) is 31.0 Å². The first kappa shape index (κ1) is 23.4. The molecule has 0 aliphatic rings. The van der Waals surface area contributed by atoms with Crippen LogP contribution < -0.4 is 4.90 Å². The van der Waals surface area contributed by atoms with Gasteiger partial charge in [-0.25, -0.2) is 4.79 Å². The largest absolute Gasteiger partial charge is 0.465 e. The third kappa shape index (κ3) is 5.68. The Morgan fingerprint density at radius 2 is 1.53 bits per heavy atom. The number of anilines is 1. The fraction of sp³-hybridized carbons (Fsp3) is 0.231. The SMILES string of the molecule is CCOC(=O)CN(c1cc(CCl)cc(C(=O)OC)c1)C(c1ccccc1)c1ccccc1. The first-order valence-electron chi connectivity index (χ1n) is 10.4. The summed E-state index contributed by atoms with van der Waals surface area (Å²) in [6.07, 6.45) is 0. The van der Waals surface area contributed by atoms with Gasteiger partial charge in [0.25, 0.3) is 0 Å². The van der Waals surface area contributed by atoms with E-state index in [0.29, 0.717) is 11.3 Å². The number of hydrogen-bond acceptors (Lipinski definition) is 5. The van der Waals surface area contributed by atoms with Gasteiger partial charge in [0, 0.05) is 11.6 Å². The fourth-order valence-corrected chi connectivity index (χ4v) is 3.81. The van der Waals surface area contributed by atoms with Gasteiger partial charge in [0.2, 0.25) is 0 Å². The molecule has 3 rings (SSSR count). The van der Waals surface area contributed by atoms with Crippen molar-refractivity contribution in [1.82, 2.24) is 0 Å². The van der Waals surface area contributed by atoms with Crippen LogP contribution in [0.1, 0.15) is 40.0 Å². The van der Waals surface area contributed by atoms with Crippen molar-refractivity contribution in [3.63, 3.8) is 0 Å². The average molecular weight is 452 g/mol. The molecule has 0 atom stereocenters. The van der Waals surface area contributed by atoms with Gasteiger partial charge in [-0.1, -0.05) is 60.7 Å². The van der Waals surface area contributed by atoms with Crippen LogP contribution in [0.3, 0.4) is 0 Å². The van der Waals surface area contributed by atoms with Crippen molar-refractivity contribution in [3.8, 4) is 0 Å². The number of benzene rings is 3. The second kappa shape index (κ2) is 11.3. The number of carbonyl (C=O) groups excluding carboxylic acids is 2. The molecule has 3 aromatic rings. The summed E-state index contributed by atoms with van der Waals surface area (Å²) in [5, 5.41) is 0. The molecule has 0 aromatic heterocycles. The third-order valence-electron chi connectivity index (χ3n) is 5.03. The fourth-order valence-electron chi connectivity index (χ4n) is 3.65. The second-order valence-corrected chi connectivity index (χ2v) is 7.44. The zero-order valence-electron chi connectivity index (χ0n) is 18.2. The van der Waals surface area contributed by atoms with Gasteiger partial charge in [0.05, 0.1) is 25.3 Å². The number of esters is 2. The van der Waals surface area contributed by atoms with Crippen LogP contribution >= 0.6 is 11.6 Å². The molecule has 6 heteroatoms. The molecule has 0 spiro atoms. The van der Waals surface area contributed by atoms with Gasteiger partial charge in [-0.15, -0.1) is 11.6 Å². The minimum absolute atomic E-state index is 0.00531. The van der Waals surface area contributed by atoms with Crippen LogP contribution in [0.5, 0.6) is 0 Å². The third-order valence-corrected chi connectivity index (χ3v) is 5.34. The summed E-state index contributed by atoms with van der Waals surface area (Å²) in [5.41, 5.74) is 3.79. The van der Waals surface area contributed by atoms with E-state index >= 15 is 0 Å². The van der Waals surface area contributed by atoms with Gasteiger partial charge in [0.1, 0.15) is 6.54 Å². The Kier molecular flexibility index (Phi) is 8.28. The lowest BCUT2D eigenvalue weighted by Crippen LogP contribution is -2.35. The Hall–Kier alpha value is -3.31. The highest BCUT2D eigenvalue weighted by Gasteiger charge is 2.26. The van der Waals surface area contributed by atoms with Crippen molar-refractivity contribution in [2.45, 2.75) is 18.8 Å². The maximum Gasteiger partial charge on any atom is 0.337 e. The summed E-state index contributed by atoms with van der Waals surface area (Å²) < 4.78 is 10.2. The highest BCUT2D eigenvalue weighted by Crippen LogP contribution is 2.34. The van der Waals surface area contributed by atoms with Crippen LogP contribution in [-0.4, -0.2) is 32.2 Å². The van der Waals surface area contributed by atoms with Crippen molar-refractivity contribution >= 4 is 29.2 Å². The summed E-state index contributed by atoms with van der Waals surface area (Å²) in [5.74, 6) is -0.614. The number of carbonyl (C=O) groups is 2. The Morgan fingerprint density at radius 1 is 0.938 bits per heavy atom. The first-order chi connectivity index (χ1) is 15.6. The Morgan fingerprint density at radius 3 is 2.03 bits per heavy atom. The molecule has 0 bridgehead atoms. The molecule has 166 valence electrons. The second-order valence-electron chi connectivity index (χ2n) is 7.17. The quantitative estimate of drug-likeness (QED) is 0.323. The van der Waals surface area contributed by atoms with E-state index in [1.165, 1.54) is 7.11 Å². The number of hydrogen-bond donors (Lipinski definition) is 0. The van der Waals surface area contributed by atoms with Crippen LogP contribution in [0, 0.1) is 0 Å². The molecule has 0 fully saturated rings. The van der Waals surface area contributed by atoms with Crippen LogP contribution in [-0.2, 0) is 20.1 Å². The van der Waals surface area contributed by atoms with E-state index < -0.39 is 5.97 Å². The normalized spacial score (nSPS) is 10.6. The van der Waals surface area contributed by atoms with E-state index in [2.05, 4.69) is 0 Å². The number of rotatable bonds is 9. The predicted molar refractivity (Wildman–Crippen MR) is 126 cm³/mol. The van der Waals surface area contributed by atoms with Crippen LogP contribution in [0.4, 0.5) is 5.69 Å². The smallest absolute Gasteiger partial charge is 0.337 e. The average Bonchev–Trinajstić information content (AvgIpc) is 2.84. The lowest BCUT2D eigenvalue weighted by Gasteiger charge is -2.34. The Bertz CT molecular complexity index is 1000. The molecule has 0 saturated carbocycles. The highest BCUT2D eigenvalue weighted by atomic mass is 35.5. The van der Waals surface area contributed by atoms with Crippen molar-refractivity contribution in [2.24, 2.45) is 0 Å². The molecule has 0 aliphatic carbocycles. The molecule has 0 aliphatic heterocycles. The van der Waals surface area contributed by atoms with Gasteiger partial charge >= 0.3 is 11.9 Å². The van der Waals surface area contributed by atoms with Crippen LogP contribution in [0.25, 0.3) is 0 Å². The summed E-state index contributed by atoms with van der Waals surface area (Å²) >= 11 is 6.13. The van der Waals surface area contributed by atoms with Gasteiger partial charge in [-0.05, 0) is 41.8 Å². The lowest BCUT2D eigenvalue weighted by molar-refractivity contribution is -0.141. The van der Waals surface area contributed by atoms with E-state index in [1.807, 2.05) is 71.6 Å². The predicted octanol–water partition coefficient (Wildman–Crippen LogP) is 5.37. The van der Waals surface area contributed by atoms with Gasteiger partial charge in [0.15, 0.2) is 0 Å². The van der Waals surface area contributed by atoms with Crippen molar-refractivity contribution in [2.75, 3.05) is 25.2 Å². The maximum atomic E-state index is 12.6. The molecular weight excluding hydrogens is 426 g/mol. The molecule has 0 unspecified atom stereocenters. The number of alkyl halides is 1. The molecule has 3 aromatic carbocycles. The number of methoxy groups -OCH3 is 1. The van der Waals surface area contributed by atoms with Gasteiger partial charge < -0.3 is 14.4 Å². The Balaban J connectivity index is 2.20. The van der Waals surface area contributed by atoms with Crippen molar-refractivity contribution in [3.05, 3.63) is 101 Å². The Labute approximate surface area is 193 Å². The number of halogens is 1. The van der Waals surface area contributed by atoms with Crippen LogP contribution in [0.2, 0.25) is 0 Å².